The van der Waals surface area contributed by atoms with Gasteiger partial charge in [0.05, 0.1) is 0 Å². The van der Waals surface area contributed by atoms with E-state index in [0.29, 0.717) is 0 Å². The maximum atomic E-state index is 10.7. The quantitative estimate of drug-likeness (QED) is 0.400. The van der Waals surface area contributed by atoms with Crippen LogP contribution in [0.25, 0.3) is 0 Å². The van der Waals surface area contributed by atoms with Crippen molar-refractivity contribution in [3.8, 4) is 0 Å². The number of carbonyl (C=O) groups is 1. The number of hydrogen-bond acceptors (Lipinski definition) is 1. The normalized spacial score (nSPS) is 10.0. The summed E-state index contributed by atoms with van der Waals surface area (Å²) in [5.41, 5.74) is 1.97. The van der Waals surface area contributed by atoms with Gasteiger partial charge < -0.3 is 0 Å². The molecule has 2 radical (unpaired) electrons. The van der Waals surface area contributed by atoms with Crippen molar-refractivity contribution in [3.05, 3.63) is 49.7 Å². The smallest absolute Gasteiger partial charge is 0 e. The summed E-state index contributed by atoms with van der Waals surface area (Å²) in [7, 11) is 0. The average Bonchev–Trinajstić information content (AvgIpc) is 2.74. The molecule has 0 aromatic carbocycles. The molecule has 0 bridgehead atoms. The summed E-state index contributed by atoms with van der Waals surface area (Å²) in [5, 5.41) is 0. The molecule has 0 N–H and O–H groups in total. The van der Waals surface area contributed by atoms with Crippen molar-refractivity contribution in [1.29, 1.82) is 0 Å². The van der Waals surface area contributed by atoms with Crippen LogP contribution >= 0.6 is 0 Å². The second kappa shape index (κ2) is 19.5. The van der Waals surface area contributed by atoms with Crippen LogP contribution in [-0.4, -0.2) is 5.78 Å². The molecule has 1 aliphatic carbocycles. The molecule has 0 aromatic heterocycles. The van der Waals surface area contributed by atoms with Gasteiger partial charge in [-0.1, -0.05) is 17.7 Å². The molecule has 1 rings (SSSR count). The van der Waals surface area contributed by atoms with Crippen molar-refractivity contribution in [2.24, 2.45) is 0 Å². The molecule has 0 aromatic rings. The van der Waals surface area contributed by atoms with E-state index in [1.54, 1.807) is 6.92 Å². The van der Waals surface area contributed by atoms with E-state index in [2.05, 4.69) is 20.0 Å². The van der Waals surface area contributed by atoms with Crippen LogP contribution in [0.2, 0.25) is 0 Å². The van der Waals surface area contributed by atoms with Gasteiger partial charge in [0.1, 0.15) is 0 Å². The van der Waals surface area contributed by atoms with Gasteiger partial charge in [0.2, 0.25) is 0 Å². The van der Waals surface area contributed by atoms with E-state index in [1.807, 2.05) is 25.5 Å². The third kappa shape index (κ3) is 12.9. The summed E-state index contributed by atoms with van der Waals surface area (Å²) in [4.78, 5) is 10.7. The van der Waals surface area contributed by atoms with Gasteiger partial charge in [-0.2, -0.15) is 0 Å². The molecular weight excluding hydrogens is 251 g/mol. The van der Waals surface area contributed by atoms with Gasteiger partial charge >= 0.3 is 33.9 Å². The van der Waals surface area contributed by atoms with E-state index in [4.69, 9.17) is 14.0 Å². The van der Waals surface area contributed by atoms with Crippen LogP contribution in [0.5, 0.6) is 0 Å². The number of allylic oxidation sites excluding steroid dienone is 4. The van der Waals surface area contributed by atoms with E-state index in [1.165, 1.54) is 0 Å². The number of rotatable bonds is 1. The van der Waals surface area contributed by atoms with Crippen LogP contribution in [0.3, 0.4) is 0 Å². The molecule has 0 saturated carbocycles. The third-order valence-corrected chi connectivity index (χ3v) is 1.32. The maximum absolute atomic E-state index is 10.7. The number of hydrogen-bond donors (Lipinski definition) is 0. The SMILES string of the molecule is CC(=O)C1=CC(C)=C[CH]1.[C-]#[O+].[C-]#[O+].[C-]#[O+].[Mn]. The Morgan fingerprint density at radius 2 is 1.50 bits per heavy atom. The Balaban J connectivity index is -0.0000000900. The third-order valence-electron chi connectivity index (χ3n) is 1.32. The second-order valence-corrected chi connectivity index (χ2v) is 2.23. The molecule has 0 heterocycles. The molecule has 0 aliphatic heterocycles. The number of Topliss-reactive ketones (excluding diaryl/α,β-unsaturated/α-hetero) is 1. The second-order valence-electron chi connectivity index (χ2n) is 2.23. The minimum atomic E-state index is 0. The summed E-state index contributed by atoms with van der Waals surface area (Å²) in [6.07, 6.45) is 5.68. The van der Waals surface area contributed by atoms with Crippen LogP contribution in [0, 0.1) is 26.4 Å². The largest absolute Gasteiger partial charge is 0 e. The summed E-state index contributed by atoms with van der Waals surface area (Å²) in [6, 6.07) is 0. The zero-order valence-corrected chi connectivity index (χ0v) is 9.92. The summed E-state index contributed by atoms with van der Waals surface area (Å²) in [5.74, 6) is 0.142. The fraction of sp³-hybridized carbons (Fsp3) is 0.182. The monoisotopic (exact) mass is 260 g/mol. The van der Waals surface area contributed by atoms with Crippen molar-refractivity contribution >= 4 is 5.78 Å². The Morgan fingerprint density at radius 1 is 1.12 bits per heavy atom. The molecule has 0 atom stereocenters. The Morgan fingerprint density at radius 3 is 1.62 bits per heavy atom. The van der Waals surface area contributed by atoms with Gasteiger partial charge in [0.25, 0.3) is 0 Å². The van der Waals surface area contributed by atoms with E-state index in [9.17, 15) is 4.79 Å². The molecular formula is C11H9MnO4. The predicted octanol–water partition coefficient (Wildman–Crippen LogP) is 1.55. The van der Waals surface area contributed by atoms with Gasteiger partial charge in [-0.05, 0) is 13.8 Å². The molecule has 84 valence electrons. The molecule has 0 amide bonds. The standard InChI is InChI=1S/C8H9O.3CO.Mn/c1-6-3-4-8(5-6)7(2)9;3*1-2;/h3-5H,1-2H3;;;;. The van der Waals surface area contributed by atoms with Crippen LogP contribution < -0.4 is 0 Å². The van der Waals surface area contributed by atoms with Gasteiger partial charge in [0.15, 0.2) is 5.78 Å². The molecule has 16 heavy (non-hydrogen) atoms. The summed E-state index contributed by atoms with van der Waals surface area (Å²) < 4.78 is 22.5. The Bertz CT molecular complexity index is 293. The topological polar surface area (TPSA) is 76.8 Å². The van der Waals surface area contributed by atoms with Crippen molar-refractivity contribution in [2.45, 2.75) is 13.8 Å². The van der Waals surface area contributed by atoms with Crippen LogP contribution in [0.1, 0.15) is 13.8 Å². The first-order valence-corrected chi connectivity index (χ1v) is 3.55. The average molecular weight is 260 g/mol. The van der Waals surface area contributed by atoms with Crippen LogP contribution in [0.15, 0.2) is 23.3 Å². The summed E-state index contributed by atoms with van der Waals surface area (Å²) in [6.45, 7) is 17.1. The minimum absolute atomic E-state index is 0. The predicted molar refractivity (Wildman–Crippen MR) is 48.6 cm³/mol. The number of ketones is 1. The van der Waals surface area contributed by atoms with Gasteiger partial charge in [-0.3, -0.25) is 4.79 Å². The van der Waals surface area contributed by atoms with Crippen LogP contribution in [-0.2, 0) is 35.8 Å². The van der Waals surface area contributed by atoms with Gasteiger partial charge in [-0.15, -0.1) is 0 Å². The molecule has 0 saturated heterocycles. The van der Waals surface area contributed by atoms with Crippen molar-refractivity contribution in [3.63, 3.8) is 0 Å². The first kappa shape index (κ1) is 24.2. The molecule has 5 heteroatoms. The first-order chi connectivity index (χ1) is 7.20. The van der Waals surface area contributed by atoms with E-state index < -0.39 is 0 Å². The van der Waals surface area contributed by atoms with Crippen LogP contribution in [0.4, 0.5) is 0 Å². The van der Waals surface area contributed by atoms with Crippen molar-refractivity contribution in [1.82, 2.24) is 0 Å². The van der Waals surface area contributed by atoms with E-state index >= 15 is 0 Å². The zero-order chi connectivity index (χ0) is 12.9. The first-order valence-electron chi connectivity index (χ1n) is 3.55. The van der Waals surface area contributed by atoms with Gasteiger partial charge in [0, 0.05) is 29.1 Å². The zero-order valence-electron chi connectivity index (χ0n) is 8.74. The van der Waals surface area contributed by atoms with Gasteiger partial charge in [-0.25, -0.2) is 0 Å². The minimum Gasteiger partial charge on any atom is 0 e. The summed E-state index contributed by atoms with van der Waals surface area (Å²) >= 11 is 0. The molecule has 4 nitrogen and oxygen atoms in total. The molecule has 1 aliphatic rings. The fourth-order valence-electron chi connectivity index (χ4n) is 0.782. The van der Waals surface area contributed by atoms with Crippen molar-refractivity contribution < 1.29 is 35.8 Å². The Labute approximate surface area is 105 Å². The molecule has 0 spiro atoms. The Kier molecular flexibility index (Phi) is 29.5. The maximum Gasteiger partial charge on any atom is 0 e. The molecule has 0 fully saturated rings. The fourth-order valence-corrected chi connectivity index (χ4v) is 0.782. The number of carbonyl (C=O) groups excluding carboxylic acids is 1. The van der Waals surface area contributed by atoms with E-state index in [0.717, 1.165) is 11.1 Å². The molecule has 0 unspecified atom stereocenters. The van der Waals surface area contributed by atoms with E-state index in [-0.39, 0.29) is 22.9 Å². The van der Waals surface area contributed by atoms with Crippen molar-refractivity contribution in [2.75, 3.05) is 0 Å². The Hall–Kier alpha value is -1.11.